The Kier molecular flexibility index (Phi) is 3.73. The largest absolute Gasteiger partial charge is 0.398 e. The summed E-state index contributed by atoms with van der Waals surface area (Å²) in [5.74, 6) is 0. The molecule has 0 aliphatic carbocycles. The Morgan fingerprint density at radius 1 is 1.00 bits per heavy atom. The Balaban J connectivity index is 1.65. The van der Waals surface area contributed by atoms with Crippen LogP contribution in [0.15, 0.2) is 53.4 Å². The second kappa shape index (κ2) is 5.79. The zero-order valence-electron chi connectivity index (χ0n) is 13.4. The van der Waals surface area contributed by atoms with Gasteiger partial charge in [-0.05, 0) is 36.6 Å². The van der Waals surface area contributed by atoms with Crippen molar-refractivity contribution in [2.75, 3.05) is 30.3 Å². The molecule has 1 atom stereocenters. The molecule has 4 rings (SSSR count). The van der Waals surface area contributed by atoms with Gasteiger partial charge >= 0.3 is 0 Å². The lowest BCUT2D eigenvalue weighted by atomic mass is 10.1. The molecular formula is C18H21N3O2S. The highest BCUT2D eigenvalue weighted by Gasteiger charge is 2.36. The van der Waals surface area contributed by atoms with E-state index in [1.54, 1.807) is 28.6 Å². The number of anilines is 2. The number of nitrogens with two attached hydrogens (primary N) is 1. The van der Waals surface area contributed by atoms with E-state index in [-0.39, 0.29) is 10.9 Å². The van der Waals surface area contributed by atoms with Gasteiger partial charge < -0.3 is 10.6 Å². The molecule has 24 heavy (non-hydrogen) atoms. The number of rotatable bonds is 2. The van der Waals surface area contributed by atoms with Crippen molar-refractivity contribution in [3.8, 4) is 0 Å². The van der Waals surface area contributed by atoms with Crippen LogP contribution in [-0.2, 0) is 16.4 Å². The number of nitrogen functional groups attached to an aromatic ring is 1. The van der Waals surface area contributed by atoms with Gasteiger partial charge in [-0.1, -0.05) is 30.3 Å². The molecule has 0 bridgehead atoms. The second-order valence-corrected chi connectivity index (χ2v) is 8.34. The Morgan fingerprint density at radius 2 is 1.75 bits per heavy atom. The Labute approximate surface area is 142 Å². The molecule has 6 heteroatoms. The molecule has 2 aliphatic heterocycles. The molecular weight excluding hydrogens is 322 g/mol. The van der Waals surface area contributed by atoms with Crippen molar-refractivity contribution in [3.05, 3.63) is 54.1 Å². The molecule has 0 amide bonds. The molecule has 0 aromatic heterocycles. The van der Waals surface area contributed by atoms with Crippen molar-refractivity contribution >= 4 is 21.4 Å². The van der Waals surface area contributed by atoms with Gasteiger partial charge in [-0.2, -0.15) is 4.31 Å². The number of hydrogen-bond acceptors (Lipinski definition) is 4. The Hall–Kier alpha value is -2.05. The fraction of sp³-hybridized carbons (Fsp3) is 0.333. The fourth-order valence-electron chi connectivity index (χ4n) is 3.81. The number of hydrogen-bond donors (Lipinski definition) is 1. The average Bonchev–Trinajstić information content (AvgIpc) is 2.77. The smallest absolute Gasteiger partial charge is 0.245 e. The second-order valence-electron chi connectivity index (χ2n) is 6.43. The zero-order chi connectivity index (χ0) is 16.7. The van der Waals surface area contributed by atoms with Gasteiger partial charge in [-0.15, -0.1) is 0 Å². The van der Waals surface area contributed by atoms with Gasteiger partial charge in [0.25, 0.3) is 0 Å². The van der Waals surface area contributed by atoms with Crippen LogP contribution in [0.3, 0.4) is 0 Å². The van der Waals surface area contributed by atoms with Gasteiger partial charge in [-0.3, -0.25) is 0 Å². The molecule has 1 saturated heterocycles. The zero-order valence-corrected chi connectivity index (χ0v) is 14.2. The molecule has 2 aliphatic rings. The van der Waals surface area contributed by atoms with E-state index in [9.17, 15) is 8.42 Å². The average molecular weight is 343 g/mol. The number of para-hydroxylation sites is 2. The van der Waals surface area contributed by atoms with Crippen LogP contribution in [0.25, 0.3) is 0 Å². The molecule has 2 heterocycles. The van der Waals surface area contributed by atoms with Crippen LogP contribution in [0.4, 0.5) is 11.4 Å². The van der Waals surface area contributed by atoms with Crippen LogP contribution < -0.4 is 10.6 Å². The van der Waals surface area contributed by atoms with Crippen LogP contribution in [-0.4, -0.2) is 38.4 Å². The monoisotopic (exact) mass is 343 g/mol. The first-order chi connectivity index (χ1) is 11.6. The van der Waals surface area contributed by atoms with Crippen molar-refractivity contribution in [2.45, 2.75) is 23.8 Å². The number of fused-ring (bicyclic) bond motifs is 3. The van der Waals surface area contributed by atoms with Crippen LogP contribution in [0, 0.1) is 0 Å². The summed E-state index contributed by atoms with van der Waals surface area (Å²) in [7, 11) is -3.56. The first-order valence-corrected chi connectivity index (χ1v) is 9.70. The summed E-state index contributed by atoms with van der Waals surface area (Å²) in [5.41, 5.74) is 8.78. The molecule has 2 aromatic rings. The standard InChI is InChI=1S/C18H21N3O2S/c19-16-7-2-4-9-18(16)24(22,23)20-10-5-11-21-15(13-20)12-14-6-1-3-8-17(14)21/h1-4,6-9,15H,5,10-13,19H2. The molecule has 1 unspecified atom stereocenters. The van der Waals surface area contributed by atoms with E-state index in [4.69, 9.17) is 5.73 Å². The van der Waals surface area contributed by atoms with Crippen LogP contribution >= 0.6 is 0 Å². The van der Waals surface area contributed by atoms with Crippen molar-refractivity contribution in [1.29, 1.82) is 0 Å². The summed E-state index contributed by atoms with van der Waals surface area (Å²) in [4.78, 5) is 2.58. The number of benzene rings is 2. The summed E-state index contributed by atoms with van der Waals surface area (Å²) >= 11 is 0. The third-order valence-electron chi connectivity index (χ3n) is 4.96. The summed E-state index contributed by atoms with van der Waals surface area (Å²) in [6, 6.07) is 15.3. The Bertz CT molecular complexity index is 866. The minimum Gasteiger partial charge on any atom is -0.398 e. The van der Waals surface area contributed by atoms with Gasteiger partial charge in [0.2, 0.25) is 10.0 Å². The van der Waals surface area contributed by atoms with E-state index in [0.717, 1.165) is 19.4 Å². The summed E-state index contributed by atoms with van der Waals surface area (Å²) in [6.45, 7) is 1.93. The molecule has 2 aromatic carbocycles. The first kappa shape index (κ1) is 15.5. The highest BCUT2D eigenvalue weighted by atomic mass is 32.2. The van der Waals surface area contributed by atoms with E-state index in [0.29, 0.717) is 18.8 Å². The molecule has 5 nitrogen and oxygen atoms in total. The fourth-order valence-corrected chi connectivity index (χ4v) is 5.44. The maximum Gasteiger partial charge on any atom is 0.245 e. The van der Waals surface area contributed by atoms with E-state index in [1.165, 1.54) is 11.3 Å². The summed E-state index contributed by atoms with van der Waals surface area (Å²) in [5, 5.41) is 0. The number of sulfonamides is 1. The highest BCUT2D eigenvalue weighted by Crippen LogP contribution is 2.35. The number of nitrogens with zero attached hydrogens (tertiary/aromatic N) is 2. The minimum absolute atomic E-state index is 0.199. The van der Waals surface area contributed by atoms with Gasteiger partial charge in [0.15, 0.2) is 0 Å². The van der Waals surface area contributed by atoms with E-state index in [1.807, 2.05) is 12.1 Å². The predicted octanol–water partition coefficient (Wildman–Crippen LogP) is 2.09. The Morgan fingerprint density at radius 3 is 2.58 bits per heavy atom. The van der Waals surface area contributed by atoms with E-state index >= 15 is 0 Å². The molecule has 2 N–H and O–H groups in total. The lowest BCUT2D eigenvalue weighted by molar-refractivity contribution is 0.406. The van der Waals surface area contributed by atoms with Gasteiger partial charge in [0.05, 0.1) is 5.69 Å². The maximum absolute atomic E-state index is 13.0. The minimum atomic E-state index is -3.56. The molecule has 126 valence electrons. The first-order valence-electron chi connectivity index (χ1n) is 8.26. The van der Waals surface area contributed by atoms with Crippen molar-refractivity contribution in [1.82, 2.24) is 4.31 Å². The third-order valence-corrected chi connectivity index (χ3v) is 6.89. The third kappa shape index (κ3) is 2.46. The predicted molar refractivity (Wildman–Crippen MR) is 95.5 cm³/mol. The lowest BCUT2D eigenvalue weighted by Crippen LogP contribution is -2.41. The lowest BCUT2D eigenvalue weighted by Gasteiger charge is -2.27. The van der Waals surface area contributed by atoms with Crippen molar-refractivity contribution in [3.63, 3.8) is 0 Å². The molecule has 1 fully saturated rings. The van der Waals surface area contributed by atoms with Crippen LogP contribution in [0.1, 0.15) is 12.0 Å². The normalized spacial score (nSPS) is 21.2. The van der Waals surface area contributed by atoms with Crippen molar-refractivity contribution < 1.29 is 8.42 Å². The van der Waals surface area contributed by atoms with Gasteiger partial charge in [0, 0.05) is 31.4 Å². The highest BCUT2D eigenvalue weighted by molar-refractivity contribution is 7.89. The summed E-state index contributed by atoms with van der Waals surface area (Å²) < 4.78 is 27.7. The molecule has 0 radical (unpaired) electrons. The maximum atomic E-state index is 13.0. The molecule has 0 saturated carbocycles. The van der Waals surface area contributed by atoms with Gasteiger partial charge in [0.1, 0.15) is 4.90 Å². The van der Waals surface area contributed by atoms with Crippen LogP contribution in [0.2, 0.25) is 0 Å². The summed E-state index contributed by atoms with van der Waals surface area (Å²) in [6.07, 6.45) is 1.71. The molecule has 0 spiro atoms. The van der Waals surface area contributed by atoms with E-state index in [2.05, 4.69) is 17.0 Å². The quantitative estimate of drug-likeness (QED) is 0.848. The van der Waals surface area contributed by atoms with E-state index < -0.39 is 10.0 Å². The van der Waals surface area contributed by atoms with Crippen molar-refractivity contribution in [2.24, 2.45) is 0 Å². The van der Waals surface area contributed by atoms with Gasteiger partial charge in [-0.25, -0.2) is 8.42 Å². The SMILES string of the molecule is Nc1ccccc1S(=O)(=O)N1CCCN2c3ccccc3CC2C1. The topological polar surface area (TPSA) is 66.6 Å². The van der Waals surface area contributed by atoms with Crippen LogP contribution in [0.5, 0.6) is 0 Å².